The summed E-state index contributed by atoms with van der Waals surface area (Å²) in [6.07, 6.45) is 1.30. The van der Waals surface area contributed by atoms with Crippen LogP contribution in [0, 0.1) is 25.6 Å². The average Bonchev–Trinajstić information content (AvgIpc) is 3.50. The lowest BCUT2D eigenvalue weighted by Gasteiger charge is -2.23. The standard InChI is InChI=1S/C23H24FN5O6S/c1-12-6-15(4-5-16(12)24)25-22(30)20-21-19(10-28(20)3)36(32,33)27-18-9-29(8-14(18)11-34-21)23(31)17-7-13(2)35-26-17/h4-7,10,14,18,27H,8-9,11H2,1-3H3,(H,25,30)/t14-,18-/m1/s1. The van der Waals surface area contributed by atoms with Crippen molar-refractivity contribution in [1.82, 2.24) is 19.3 Å². The minimum atomic E-state index is -4.08. The number of benzene rings is 1. The van der Waals surface area contributed by atoms with Crippen LogP contribution >= 0.6 is 0 Å². The molecule has 2 atom stereocenters. The number of hydrogen-bond acceptors (Lipinski definition) is 7. The number of aromatic nitrogens is 2. The van der Waals surface area contributed by atoms with Gasteiger partial charge in [-0.15, -0.1) is 0 Å². The highest BCUT2D eigenvalue weighted by Gasteiger charge is 2.42. The van der Waals surface area contributed by atoms with Gasteiger partial charge < -0.3 is 24.0 Å². The summed E-state index contributed by atoms with van der Waals surface area (Å²) >= 11 is 0. The molecule has 0 aliphatic carbocycles. The molecule has 0 spiro atoms. The monoisotopic (exact) mass is 517 g/mol. The van der Waals surface area contributed by atoms with Crippen LogP contribution in [0.15, 0.2) is 39.9 Å². The number of hydrogen-bond donors (Lipinski definition) is 2. The maximum atomic E-state index is 13.6. The highest BCUT2D eigenvalue weighted by Crippen LogP contribution is 2.35. The molecule has 0 saturated carbocycles. The largest absolute Gasteiger partial charge is 0.489 e. The van der Waals surface area contributed by atoms with Crippen LogP contribution in [0.4, 0.5) is 10.1 Å². The Morgan fingerprint density at radius 3 is 2.69 bits per heavy atom. The molecule has 2 aliphatic heterocycles. The first-order valence-corrected chi connectivity index (χ1v) is 12.7. The maximum Gasteiger partial charge on any atom is 0.276 e. The van der Waals surface area contributed by atoms with E-state index in [1.54, 1.807) is 13.8 Å². The Labute approximate surface area is 206 Å². The summed E-state index contributed by atoms with van der Waals surface area (Å²) in [5.74, 6) is -1.34. The lowest BCUT2D eigenvalue weighted by Crippen LogP contribution is -2.43. The van der Waals surface area contributed by atoms with Crippen molar-refractivity contribution < 1.29 is 31.7 Å². The van der Waals surface area contributed by atoms with E-state index >= 15 is 0 Å². The first-order valence-electron chi connectivity index (χ1n) is 11.2. The third-order valence-electron chi connectivity index (χ3n) is 6.35. The van der Waals surface area contributed by atoms with Crippen molar-refractivity contribution >= 4 is 27.5 Å². The molecule has 1 fully saturated rings. The van der Waals surface area contributed by atoms with E-state index in [9.17, 15) is 22.4 Å². The fourth-order valence-corrected chi connectivity index (χ4v) is 5.99. The number of fused-ring (bicyclic) bond motifs is 2. The number of carbonyl (C=O) groups excluding carboxylic acids is 2. The lowest BCUT2D eigenvalue weighted by atomic mass is 10.1. The molecule has 11 nitrogen and oxygen atoms in total. The number of sulfonamides is 1. The second-order valence-electron chi connectivity index (χ2n) is 9.03. The number of nitrogens with zero attached hydrogens (tertiary/aromatic N) is 3. The number of carbonyl (C=O) groups is 2. The van der Waals surface area contributed by atoms with Gasteiger partial charge in [-0.2, -0.15) is 0 Å². The van der Waals surface area contributed by atoms with E-state index < -0.39 is 27.8 Å². The highest BCUT2D eigenvalue weighted by molar-refractivity contribution is 7.89. The minimum absolute atomic E-state index is 0.000181. The molecular formula is C23H24FN5O6S. The van der Waals surface area contributed by atoms with Gasteiger partial charge >= 0.3 is 0 Å². The number of halogens is 1. The van der Waals surface area contributed by atoms with Gasteiger partial charge in [0.1, 0.15) is 16.5 Å². The fourth-order valence-electron chi connectivity index (χ4n) is 4.50. The van der Waals surface area contributed by atoms with Crippen molar-refractivity contribution in [2.24, 2.45) is 13.0 Å². The SMILES string of the molecule is Cc1cc(C(=O)N2C[C@@H]3COc4c(cn(C)c4C(=O)Nc4ccc(F)c(C)c4)S(=O)(=O)N[C@@H]3C2)no1. The van der Waals surface area contributed by atoms with Crippen LogP contribution in [-0.2, 0) is 17.1 Å². The third-order valence-corrected chi connectivity index (χ3v) is 7.83. The first-order chi connectivity index (χ1) is 17.0. The van der Waals surface area contributed by atoms with Gasteiger partial charge in [0.05, 0.1) is 6.61 Å². The van der Waals surface area contributed by atoms with Crippen molar-refractivity contribution in [2.75, 3.05) is 25.0 Å². The molecule has 190 valence electrons. The molecule has 2 N–H and O–H groups in total. The predicted octanol–water partition coefficient (Wildman–Crippen LogP) is 1.83. The van der Waals surface area contributed by atoms with Crippen molar-refractivity contribution in [3.8, 4) is 5.75 Å². The van der Waals surface area contributed by atoms with Gasteiger partial charge in [-0.05, 0) is 37.6 Å². The van der Waals surface area contributed by atoms with Gasteiger partial charge in [0.15, 0.2) is 17.1 Å². The summed E-state index contributed by atoms with van der Waals surface area (Å²) in [7, 11) is -2.55. The maximum absolute atomic E-state index is 13.6. The number of anilines is 1. The number of nitrogens with one attached hydrogen (secondary N) is 2. The second-order valence-corrected chi connectivity index (χ2v) is 10.7. The Hall–Kier alpha value is -3.71. The van der Waals surface area contributed by atoms with E-state index in [0.29, 0.717) is 17.0 Å². The van der Waals surface area contributed by atoms with Crippen molar-refractivity contribution in [2.45, 2.75) is 24.8 Å². The number of aryl methyl sites for hydroxylation is 3. The molecule has 13 heteroatoms. The summed E-state index contributed by atoms with van der Waals surface area (Å²) < 4.78 is 55.1. The average molecular weight is 518 g/mol. The second kappa shape index (κ2) is 8.75. The smallest absolute Gasteiger partial charge is 0.276 e. The van der Waals surface area contributed by atoms with Gasteiger partial charge in [-0.25, -0.2) is 17.5 Å². The lowest BCUT2D eigenvalue weighted by molar-refractivity contribution is 0.0771. The summed E-state index contributed by atoms with van der Waals surface area (Å²) in [4.78, 5) is 27.2. The zero-order valence-electron chi connectivity index (χ0n) is 19.7. The summed E-state index contributed by atoms with van der Waals surface area (Å²) in [5.41, 5.74) is 0.850. The molecule has 0 radical (unpaired) electrons. The zero-order chi connectivity index (χ0) is 25.8. The van der Waals surface area contributed by atoms with Crippen molar-refractivity contribution in [3.05, 3.63) is 59.0 Å². The molecule has 4 heterocycles. The fraction of sp³-hybridized carbons (Fsp3) is 0.348. The third kappa shape index (κ3) is 4.24. The van der Waals surface area contributed by atoms with Gasteiger partial charge in [-0.1, -0.05) is 5.16 Å². The normalized spacial score (nSPS) is 20.6. The van der Waals surface area contributed by atoms with Gasteiger partial charge in [0.2, 0.25) is 10.0 Å². The summed E-state index contributed by atoms with van der Waals surface area (Å²) in [6.45, 7) is 3.68. The molecule has 5 rings (SSSR count). The predicted molar refractivity (Wildman–Crippen MR) is 125 cm³/mol. The van der Waals surface area contributed by atoms with Gasteiger partial charge in [0.25, 0.3) is 11.8 Å². The quantitative estimate of drug-likeness (QED) is 0.541. The topological polar surface area (TPSA) is 136 Å². The van der Waals surface area contributed by atoms with Crippen LogP contribution in [0.25, 0.3) is 0 Å². The molecular weight excluding hydrogens is 493 g/mol. The molecule has 3 aromatic rings. The molecule has 2 aromatic heterocycles. The minimum Gasteiger partial charge on any atom is -0.489 e. The van der Waals surface area contributed by atoms with E-state index in [0.717, 1.165) is 0 Å². The number of ether oxygens (including phenoxy) is 1. The molecule has 0 bridgehead atoms. The van der Waals surface area contributed by atoms with Gasteiger partial charge in [-0.3, -0.25) is 9.59 Å². The van der Waals surface area contributed by atoms with E-state index in [1.165, 1.54) is 47.0 Å². The Kier molecular flexibility index (Phi) is 5.83. The van der Waals surface area contributed by atoms with E-state index in [4.69, 9.17) is 9.26 Å². The molecule has 2 aliphatic rings. The molecule has 2 amide bonds. The van der Waals surface area contributed by atoms with Crippen LogP contribution in [0.2, 0.25) is 0 Å². The summed E-state index contributed by atoms with van der Waals surface area (Å²) in [6, 6.07) is 5.06. The van der Waals surface area contributed by atoms with E-state index in [2.05, 4.69) is 15.2 Å². The number of rotatable bonds is 3. The zero-order valence-corrected chi connectivity index (χ0v) is 20.6. The van der Waals surface area contributed by atoms with Crippen LogP contribution < -0.4 is 14.8 Å². The van der Waals surface area contributed by atoms with Crippen LogP contribution in [0.3, 0.4) is 0 Å². The van der Waals surface area contributed by atoms with Gasteiger partial charge in [0, 0.05) is 50.0 Å². The Morgan fingerprint density at radius 2 is 2.00 bits per heavy atom. The Balaban J connectivity index is 1.41. The van der Waals surface area contributed by atoms with Crippen LogP contribution in [-0.4, -0.2) is 60.6 Å². The van der Waals surface area contributed by atoms with Crippen molar-refractivity contribution in [1.29, 1.82) is 0 Å². The Morgan fingerprint density at radius 1 is 1.22 bits per heavy atom. The Bertz CT molecular complexity index is 1480. The number of likely N-dealkylation sites (tertiary alicyclic amines) is 1. The van der Waals surface area contributed by atoms with E-state index in [-0.39, 0.29) is 53.6 Å². The summed E-state index contributed by atoms with van der Waals surface area (Å²) in [5, 5.41) is 6.41. The highest BCUT2D eigenvalue weighted by atomic mass is 32.2. The molecule has 36 heavy (non-hydrogen) atoms. The van der Waals surface area contributed by atoms with Crippen molar-refractivity contribution in [3.63, 3.8) is 0 Å². The van der Waals surface area contributed by atoms with Crippen LogP contribution in [0.1, 0.15) is 32.3 Å². The number of amides is 2. The molecule has 1 saturated heterocycles. The van der Waals surface area contributed by atoms with Crippen LogP contribution in [0.5, 0.6) is 5.75 Å². The molecule has 1 aromatic carbocycles. The first kappa shape index (κ1) is 24.0. The van der Waals surface area contributed by atoms with E-state index in [1.807, 2.05) is 0 Å². The molecule has 0 unspecified atom stereocenters.